The highest BCUT2D eigenvalue weighted by Crippen LogP contribution is 2.27. The lowest BCUT2D eigenvalue weighted by atomic mass is 10.3. The molecule has 0 aliphatic carbocycles. The van der Waals surface area contributed by atoms with Crippen molar-refractivity contribution in [3.05, 3.63) is 50.2 Å². The van der Waals surface area contributed by atoms with Gasteiger partial charge in [0.25, 0.3) is 0 Å². The van der Waals surface area contributed by atoms with Crippen LogP contribution >= 0.6 is 44.1 Å². The molecule has 2 aromatic heterocycles. The lowest BCUT2D eigenvalue weighted by molar-refractivity contribution is 1.04. The van der Waals surface area contributed by atoms with Crippen molar-refractivity contribution in [1.29, 1.82) is 0 Å². The fourth-order valence-electron chi connectivity index (χ4n) is 1.83. The molecule has 0 fully saturated rings. The molecule has 0 spiro atoms. The number of pyridine rings is 1. The third-order valence-electron chi connectivity index (χ3n) is 2.59. The summed E-state index contributed by atoms with van der Waals surface area (Å²) in [7, 11) is 0. The molecule has 2 heterocycles. The highest BCUT2D eigenvalue weighted by atomic mass is 79.9. The molecule has 0 bridgehead atoms. The summed E-state index contributed by atoms with van der Waals surface area (Å²) in [5.74, 6) is 0. The van der Waals surface area contributed by atoms with Gasteiger partial charge in [0.2, 0.25) is 0 Å². The number of hydrogen-bond donors (Lipinski definition) is 1. The van der Waals surface area contributed by atoms with Crippen molar-refractivity contribution in [2.75, 3.05) is 0 Å². The lowest BCUT2D eigenvalue weighted by Gasteiger charge is -2.06. The van der Waals surface area contributed by atoms with Crippen LogP contribution in [0.3, 0.4) is 0 Å². The molecule has 90 valence electrons. The average Bonchev–Trinajstić information content (AvgIpc) is 2.66. The van der Waals surface area contributed by atoms with Gasteiger partial charge in [-0.25, -0.2) is 4.98 Å². The molecule has 0 amide bonds. The molecule has 3 aromatic rings. The molecule has 0 atom stereocenters. The third kappa shape index (κ3) is 1.94. The summed E-state index contributed by atoms with van der Waals surface area (Å²) >= 11 is 12.4. The van der Waals surface area contributed by atoms with E-state index in [1.54, 1.807) is 6.20 Å². The van der Waals surface area contributed by atoms with Crippen molar-refractivity contribution in [3.63, 3.8) is 0 Å². The summed E-state index contributed by atoms with van der Waals surface area (Å²) < 4.78 is 4.52. The zero-order valence-electron chi connectivity index (χ0n) is 9.02. The molecule has 3 nitrogen and oxygen atoms in total. The fourth-order valence-corrected chi connectivity index (χ4v) is 3.35. The Morgan fingerprint density at radius 1 is 1.22 bits per heavy atom. The standard InChI is InChI=1S/C12H7Br2N3S/c13-7-3-4-10(8(14)6-7)17-11-9(16-12(17)18)2-1-5-15-11/h1-6H,(H,16,18). The third-order valence-corrected chi connectivity index (χ3v) is 4.01. The molecular weight excluding hydrogens is 378 g/mol. The number of nitrogens with one attached hydrogen (secondary N) is 1. The molecule has 0 saturated carbocycles. The van der Waals surface area contributed by atoms with E-state index < -0.39 is 0 Å². The molecule has 1 aromatic carbocycles. The second-order valence-corrected chi connectivity index (χ2v) is 5.89. The van der Waals surface area contributed by atoms with Crippen LogP contribution in [-0.4, -0.2) is 14.5 Å². The number of rotatable bonds is 1. The van der Waals surface area contributed by atoms with Crippen LogP contribution in [-0.2, 0) is 0 Å². The number of nitrogens with zero attached hydrogens (tertiary/aromatic N) is 2. The smallest absolute Gasteiger partial charge is 0.184 e. The molecule has 18 heavy (non-hydrogen) atoms. The zero-order chi connectivity index (χ0) is 12.7. The van der Waals surface area contributed by atoms with E-state index in [1.165, 1.54) is 0 Å². The Morgan fingerprint density at radius 3 is 2.83 bits per heavy atom. The van der Waals surface area contributed by atoms with Crippen LogP contribution < -0.4 is 0 Å². The van der Waals surface area contributed by atoms with Crippen LogP contribution in [0.4, 0.5) is 0 Å². The van der Waals surface area contributed by atoms with Gasteiger partial charge >= 0.3 is 0 Å². The van der Waals surface area contributed by atoms with Gasteiger partial charge in [-0.15, -0.1) is 0 Å². The first-order valence-corrected chi connectivity index (χ1v) is 7.17. The molecule has 0 unspecified atom stereocenters. The van der Waals surface area contributed by atoms with Crippen LogP contribution in [0.1, 0.15) is 0 Å². The maximum atomic E-state index is 5.36. The number of hydrogen-bond acceptors (Lipinski definition) is 2. The molecule has 0 radical (unpaired) electrons. The lowest BCUT2D eigenvalue weighted by Crippen LogP contribution is -1.96. The van der Waals surface area contributed by atoms with Crippen molar-refractivity contribution < 1.29 is 0 Å². The van der Waals surface area contributed by atoms with E-state index in [9.17, 15) is 0 Å². The molecule has 1 N–H and O–H groups in total. The number of H-pyrrole nitrogens is 1. The van der Waals surface area contributed by atoms with Gasteiger partial charge in [0.15, 0.2) is 10.4 Å². The first-order valence-electron chi connectivity index (χ1n) is 5.18. The number of imidazole rings is 1. The van der Waals surface area contributed by atoms with Crippen LogP contribution in [0.5, 0.6) is 0 Å². The quantitative estimate of drug-likeness (QED) is 0.621. The van der Waals surface area contributed by atoms with Gasteiger partial charge < -0.3 is 4.98 Å². The second-order valence-electron chi connectivity index (χ2n) is 3.74. The van der Waals surface area contributed by atoms with Gasteiger partial charge in [0.05, 0.1) is 11.2 Å². The monoisotopic (exact) mass is 383 g/mol. The van der Waals surface area contributed by atoms with E-state index in [0.717, 1.165) is 25.8 Å². The van der Waals surface area contributed by atoms with E-state index >= 15 is 0 Å². The maximum Gasteiger partial charge on any atom is 0.184 e. The normalized spacial score (nSPS) is 11.0. The number of halogens is 2. The highest BCUT2D eigenvalue weighted by Gasteiger charge is 2.10. The SMILES string of the molecule is S=c1[nH]c2cccnc2n1-c1ccc(Br)cc1Br. The Hall–Kier alpha value is -0.980. The molecule has 0 aliphatic rings. The number of aromatic amines is 1. The second kappa shape index (κ2) is 4.60. The summed E-state index contributed by atoms with van der Waals surface area (Å²) in [4.78, 5) is 7.52. The van der Waals surface area contributed by atoms with Crippen LogP contribution in [0, 0.1) is 4.77 Å². The van der Waals surface area contributed by atoms with Crippen molar-refractivity contribution in [2.45, 2.75) is 0 Å². The summed E-state index contributed by atoms with van der Waals surface area (Å²) in [6.07, 6.45) is 1.76. The molecular formula is C12H7Br2N3S. The first kappa shape index (κ1) is 12.1. The van der Waals surface area contributed by atoms with Gasteiger partial charge in [0, 0.05) is 15.1 Å². The van der Waals surface area contributed by atoms with E-state index in [1.807, 2.05) is 34.9 Å². The van der Waals surface area contributed by atoms with E-state index in [0.29, 0.717) is 4.77 Å². The van der Waals surface area contributed by atoms with Gasteiger partial charge in [-0.2, -0.15) is 0 Å². The Balaban J connectivity index is 2.38. The molecule has 3 rings (SSSR count). The number of benzene rings is 1. The number of fused-ring (bicyclic) bond motifs is 1. The minimum atomic E-state index is 0.631. The summed E-state index contributed by atoms with van der Waals surface area (Å²) in [6.45, 7) is 0. The summed E-state index contributed by atoms with van der Waals surface area (Å²) in [5.41, 5.74) is 2.72. The number of aromatic nitrogens is 3. The van der Waals surface area contributed by atoms with Crippen LogP contribution in [0.15, 0.2) is 45.5 Å². The molecule has 6 heteroatoms. The highest BCUT2D eigenvalue weighted by molar-refractivity contribution is 9.11. The Bertz CT molecular complexity index is 791. The van der Waals surface area contributed by atoms with Crippen molar-refractivity contribution in [3.8, 4) is 5.69 Å². The minimum absolute atomic E-state index is 0.631. The van der Waals surface area contributed by atoms with Crippen LogP contribution in [0.2, 0.25) is 0 Å². The Labute approximate surface area is 125 Å². The van der Waals surface area contributed by atoms with Gasteiger partial charge in [-0.3, -0.25) is 4.57 Å². The van der Waals surface area contributed by atoms with Gasteiger partial charge in [0.1, 0.15) is 0 Å². The average molecular weight is 385 g/mol. The predicted molar refractivity (Wildman–Crippen MR) is 81.7 cm³/mol. The summed E-state index contributed by atoms with van der Waals surface area (Å²) in [5, 5.41) is 0. The van der Waals surface area contributed by atoms with E-state index in [-0.39, 0.29) is 0 Å². The van der Waals surface area contributed by atoms with Crippen LogP contribution in [0.25, 0.3) is 16.9 Å². The summed E-state index contributed by atoms with van der Waals surface area (Å²) in [6, 6.07) is 9.80. The van der Waals surface area contributed by atoms with Crippen molar-refractivity contribution in [1.82, 2.24) is 14.5 Å². The Morgan fingerprint density at radius 2 is 2.06 bits per heavy atom. The molecule has 0 saturated heterocycles. The Kier molecular flexibility index (Phi) is 3.09. The van der Waals surface area contributed by atoms with Crippen molar-refractivity contribution in [2.24, 2.45) is 0 Å². The maximum absolute atomic E-state index is 5.36. The zero-order valence-corrected chi connectivity index (χ0v) is 13.0. The topological polar surface area (TPSA) is 33.6 Å². The van der Waals surface area contributed by atoms with Crippen molar-refractivity contribution >= 4 is 55.2 Å². The van der Waals surface area contributed by atoms with E-state index in [4.69, 9.17) is 12.2 Å². The minimum Gasteiger partial charge on any atom is -0.329 e. The molecule has 0 aliphatic heterocycles. The van der Waals surface area contributed by atoms with Gasteiger partial charge in [-0.1, -0.05) is 15.9 Å². The largest absolute Gasteiger partial charge is 0.329 e. The van der Waals surface area contributed by atoms with Gasteiger partial charge in [-0.05, 0) is 58.5 Å². The fraction of sp³-hybridized carbons (Fsp3) is 0. The first-order chi connectivity index (χ1) is 8.66. The van der Waals surface area contributed by atoms with E-state index in [2.05, 4.69) is 41.8 Å². The predicted octanol–water partition coefficient (Wildman–Crippen LogP) is 4.61.